The molecule has 3 rings (SSSR count). The van der Waals surface area contributed by atoms with Crippen molar-refractivity contribution >= 4 is 0 Å². The molecule has 0 bridgehead atoms. The zero-order chi connectivity index (χ0) is 22.1. The molecular weight excluding hydrogens is 389 g/mol. The summed E-state index contributed by atoms with van der Waals surface area (Å²) < 4.78 is 19.2. The molecule has 0 saturated carbocycles. The number of nitriles is 1. The monoisotopic (exact) mass is 423 g/mol. The van der Waals surface area contributed by atoms with Crippen LogP contribution >= 0.6 is 0 Å². The van der Waals surface area contributed by atoms with Crippen LogP contribution in [0.3, 0.4) is 0 Å². The summed E-state index contributed by atoms with van der Waals surface area (Å²) in [5, 5.41) is 12.6. The third-order valence-corrected chi connectivity index (χ3v) is 6.35. The lowest BCUT2D eigenvalue weighted by Gasteiger charge is -2.35. The second-order valence-corrected chi connectivity index (χ2v) is 8.43. The van der Waals surface area contributed by atoms with Crippen molar-refractivity contribution in [1.29, 1.82) is 5.26 Å². The Kier molecular flexibility index (Phi) is 8.87. The van der Waals surface area contributed by atoms with Crippen LogP contribution in [-0.4, -0.2) is 43.7 Å². The zero-order valence-electron chi connectivity index (χ0n) is 18.7. The van der Waals surface area contributed by atoms with Crippen molar-refractivity contribution in [2.24, 2.45) is 0 Å². The predicted octanol–water partition coefficient (Wildman–Crippen LogP) is 5.02. The summed E-state index contributed by atoms with van der Waals surface area (Å²) in [6.45, 7) is 8.96. The summed E-state index contributed by atoms with van der Waals surface area (Å²) in [6.07, 6.45) is 4.42. The topological polar surface area (TPSA) is 48.3 Å². The number of benzene rings is 2. The molecule has 0 amide bonds. The van der Waals surface area contributed by atoms with Crippen LogP contribution < -0.4 is 10.1 Å². The average molecular weight is 424 g/mol. The number of piperazine rings is 1. The highest BCUT2D eigenvalue weighted by molar-refractivity contribution is 5.40. The van der Waals surface area contributed by atoms with E-state index >= 15 is 0 Å². The third-order valence-electron chi connectivity index (χ3n) is 6.35. The minimum atomic E-state index is -0.241. The summed E-state index contributed by atoms with van der Waals surface area (Å²) in [5.41, 5.74) is 3.15. The van der Waals surface area contributed by atoms with Crippen LogP contribution in [0.15, 0.2) is 42.5 Å². The fraction of sp³-hybridized carbons (Fsp3) is 0.500. The highest BCUT2D eigenvalue weighted by atomic mass is 19.1. The van der Waals surface area contributed by atoms with Gasteiger partial charge in [0.2, 0.25) is 0 Å². The van der Waals surface area contributed by atoms with Crippen molar-refractivity contribution in [3.05, 3.63) is 65.0 Å². The molecule has 31 heavy (non-hydrogen) atoms. The van der Waals surface area contributed by atoms with E-state index in [4.69, 9.17) is 4.74 Å². The lowest BCUT2D eigenvalue weighted by Crippen LogP contribution is -2.50. The fourth-order valence-electron chi connectivity index (χ4n) is 4.41. The van der Waals surface area contributed by atoms with Crippen LogP contribution in [0, 0.1) is 24.1 Å². The van der Waals surface area contributed by atoms with E-state index in [0.29, 0.717) is 18.6 Å². The van der Waals surface area contributed by atoms with E-state index in [2.05, 4.69) is 35.3 Å². The van der Waals surface area contributed by atoms with Gasteiger partial charge in [-0.25, -0.2) is 4.39 Å². The first kappa shape index (κ1) is 23.2. The first-order valence-electron chi connectivity index (χ1n) is 11.4. The van der Waals surface area contributed by atoms with Gasteiger partial charge < -0.3 is 10.1 Å². The van der Waals surface area contributed by atoms with E-state index in [9.17, 15) is 9.65 Å². The van der Waals surface area contributed by atoms with Gasteiger partial charge in [0.05, 0.1) is 11.6 Å². The number of rotatable bonds is 10. The molecular formula is C26H34FN3O. The molecule has 166 valence electrons. The van der Waals surface area contributed by atoms with Gasteiger partial charge in [-0.1, -0.05) is 25.5 Å². The number of nitrogens with one attached hydrogen (secondary N) is 1. The van der Waals surface area contributed by atoms with Crippen molar-refractivity contribution in [3.63, 3.8) is 0 Å². The summed E-state index contributed by atoms with van der Waals surface area (Å²) in [5.74, 6) is 0.990. The van der Waals surface area contributed by atoms with Crippen LogP contribution in [0.2, 0.25) is 0 Å². The van der Waals surface area contributed by atoms with Gasteiger partial charge in [0, 0.05) is 32.2 Å². The number of ether oxygens (including phenoxy) is 1. The van der Waals surface area contributed by atoms with E-state index in [1.54, 1.807) is 12.1 Å². The van der Waals surface area contributed by atoms with Crippen LogP contribution in [0.4, 0.5) is 4.39 Å². The van der Waals surface area contributed by atoms with Crippen molar-refractivity contribution in [3.8, 4) is 11.8 Å². The number of nitrogens with zero attached hydrogens (tertiary/aromatic N) is 2. The average Bonchev–Trinajstić information content (AvgIpc) is 2.80. The molecule has 2 unspecified atom stereocenters. The van der Waals surface area contributed by atoms with Crippen molar-refractivity contribution in [1.82, 2.24) is 10.2 Å². The maximum Gasteiger partial charge on any atom is 0.123 e. The lowest BCUT2D eigenvalue weighted by molar-refractivity contribution is 0.112. The van der Waals surface area contributed by atoms with Gasteiger partial charge >= 0.3 is 0 Å². The van der Waals surface area contributed by atoms with Gasteiger partial charge in [0.1, 0.15) is 18.2 Å². The van der Waals surface area contributed by atoms with Crippen LogP contribution in [0.25, 0.3) is 0 Å². The summed E-state index contributed by atoms with van der Waals surface area (Å²) >= 11 is 0. The van der Waals surface area contributed by atoms with Crippen LogP contribution in [0.5, 0.6) is 5.75 Å². The van der Waals surface area contributed by atoms with Crippen molar-refractivity contribution in [2.45, 2.75) is 51.5 Å². The van der Waals surface area contributed by atoms with Crippen molar-refractivity contribution < 1.29 is 9.13 Å². The molecule has 0 radical (unpaired) electrons. The van der Waals surface area contributed by atoms with Crippen LogP contribution in [-0.2, 0) is 0 Å². The van der Waals surface area contributed by atoms with Gasteiger partial charge in [0.15, 0.2) is 0 Å². The number of hydrogen-bond donors (Lipinski definition) is 1. The number of hydrogen-bond acceptors (Lipinski definition) is 4. The number of aryl methyl sites for hydroxylation is 1. The Morgan fingerprint density at radius 2 is 1.87 bits per heavy atom. The van der Waals surface area contributed by atoms with E-state index < -0.39 is 0 Å². The Hall–Kier alpha value is -2.42. The van der Waals surface area contributed by atoms with E-state index in [-0.39, 0.29) is 5.82 Å². The molecule has 5 heteroatoms. The Balaban J connectivity index is 1.58. The smallest absolute Gasteiger partial charge is 0.123 e. The lowest BCUT2D eigenvalue weighted by atomic mass is 9.88. The largest absolute Gasteiger partial charge is 0.492 e. The molecule has 4 nitrogen and oxygen atoms in total. The van der Waals surface area contributed by atoms with Gasteiger partial charge in [-0.05, 0) is 73.6 Å². The molecule has 1 heterocycles. The second-order valence-electron chi connectivity index (χ2n) is 8.43. The Morgan fingerprint density at radius 1 is 1.13 bits per heavy atom. The summed E-state index contributed by atoms with van der Waals surface area (Å²) in [4.78, 5) is 2.52. The predicted molar refractivity (Wildman–Crippen MR) is 123 cm³/mol. The maximum absolute atomic E-state index is 13.2. The quantitative estimate of drug-likeness (QED) is 0.583. The number of halogens is 1. The van der Waals surface area contributed by atoms with Gasteiger partial charge in [-0.15, -0.1) is 0 Å². The Bertz CT molecular complexity index is 856. The molecule has 1 N–H and O–H groups in total. The Morgan fingerprint density at radius 3 is 2.52 bits per heavy atom. The highest BCUT2D eigenvalue weighted by Gasteiger charge is 2.22. The van der Waals surface area contributed by atoms with E-state index in [1.165, 1.54) is 17.7 Å². The van der Waals surface area contributed by atoms with Gasteiger partial charge in [-0.3, -0.25) is 4.90 Å². The molecule has 1 aliphatic heterocycles. The van der Waals surface area contributed by atoms with Crippen molar-refractivity contribution in [2.75, 3.05) is 32.8 Å². The molecule has 2 atom stereocenters. The zero-order valence-corrected chi connectivity index (χ0v) is 18.7. The molecule has 1 fully saturated rings. The molecule has 1 saturated heterocycles. The Labute approximate surface area is 186 Å². The standard InChI is InChI=1S/C26H34FN3O/c1-3-21(22-7-8-23(18-28)20(2)17-22)5-4-6-25(30-15-13-29-14-16-30)19-31-26-11-9-24(27)10-12-26/h7-12,17,21,25,29H,3-6,13-16,19H2,1-2H3. The first-order valence-corrected chi connectivity index (χ1v) is 11.4. The van der Waals surface area contributed by atoms with Gasteiger partial charge in [0.25, 0.3) is 0 Å². The fourth-order valence-corrected chi connectivity index (χ4v) is 4.41. The molecule has 2 aromatic rings. The summed E-state index contributed by atoms with van der Waals surface area (Å²) in [7, 11) is 0. The highest BCUT2D eigenvalue weighted by Crippen LogP contribution is 2.28. The summed E-state index contributed by atoms with van der Waals surface area (Å²) in [6, 6.07) is 15.1. The first-order chi connectivity index (χ1) is 15.1. The maximum atomic E-state index is 13.2. The van der Waals surface area contributed by atoms with E-state index in [0.717, 1.165) is 68.7 Å². The third kappa shape index (κ3) is 6.78. The SMILES string of the molecule is CCC(CCCC(COc1ccc(F)cc1)N1CCNCC1)c1ccc(C#N)c(C)c1. The second kappa shape index (κ2) is 11.8. The minimum absolute atomic E-state index is 0.241. The van der Waals surface area contributed by atoms with Crippen LogP contribution in [0.1, 0.15) is 55.2 Å². The molecule has 0 spiro atoms. The molecule has 0 aliphatic carbocycles. The van der Waals surface area contributed by atoms with E-state index in [1.807, 2.05) is 13.0 Å². The normalized spacial score (nSPS) is 16.5. The minimum Gasteiger partial charge on any atom is -0.492 e. The molecule has 0 aromatic heterocycles. The molecule has 2 aromatic carbocycles. The van der Waals surface area contributed by atoms with Gasteiger partial charge in [-0.2, -0.15) is 5.26 Å². The molecule has 1 aliphatic rings.